The summed E-state index contributed by atoms with van der Waals surface area (Å²) in [6, 6.07) is 0. The van der Waals surface area contributed by atoms with E-state index in [4.69, 9.17) is 66.0 Å². The van der Waals surface area contributed by atoms with E-state index in [0.717, 1.165) is 113 Å². The lowest BCUT2D eigenvalue weighted by Gasteiger charge is -2.31. The first kappa shape index (κ1) is 93.2. The van der Waals surface area contributed by atoms with Crippen molar-refractivity contribution < 1.29 is 94.8 Å². The SMILES string of the molecule is CC(C)CCCCCC(=O)O.CC(C)CCCCCC(=O)O.CC(C)CCCCCC(=O)O.CC(C)CCCCCC(=O)O.CC(C)CCCCCC(=O)O.CC(C)CCCCCC(=O)O.OCC(CO)(CO)COCC(CO)(CO)CO. The first-order chi connectivity index (χ1) is 38.8. The van der Waals surface area contributed by atoms with Crippen LogP contribution in [-0.4, -0.2) is 150 Å². The van der Waals surface area contributed by atoms with Gasteiger partial charge in [0.15, 0.2) is 0 Å². The van der Waals surface area contributed by atoms with Gasteiger partial charge in [0.1, 0.15) is 0 Å². The first-order valence-corrected chi connectivity index (χ1v) is 31.4. The van der Waals surface area contributed by atoms with E-state index in [2.05, 4.69) is 83.1 Å². The molecule has 0 atom stereocenters. The molecule has 0 saturated carbocycles. The number of carboxylic acids is 6. The van der Waals surface area contributed by atoms with Crippen molar-refractivity contribution in [2.75, 3.05) is 52.9 Å². The number of carboxylic acid groups (broad SMARTS) is 6. The molecule has 0 rings (SSSR count). The van der Waals surface area contributed by atoms with Gasteiger partial charge in [-0.2, -0.15) is 0 Å². The molecule has 0 aromatic rings. The highest BCUT2D eigenvalue weighted by Gasteiger charge is 2.33. The summed E-state index contributed by atoms with van der Waals surface area (Å²) in [5, 5.41) is 104. The zero-order valence-electron chi connectivity index (χ0n) is 54.6. The van der Waals surface area contributed by atoms with Crippen LogP contribution in [-0.2, 0) is 33.5 Å². The van der Waals surface area contributed by atoms with Crippen molar-refractivity contribution in [1.82, 2.24) is 0 Å². The van der Waals surface area contributed by atoms with Crippen LogP contribution in [0.3, 0.4) is 0 Å². The molecule has 0 aromatic heterocycles. The topological polar surface area (TPSA) is 354 Å². The number of aliphatic hydroxyl groups is 6. The van der Waals surface area contributed by atoms with Gasteiger partial charge in [0.2, 0.25) is 0 Å². The molecular formula is C64H130O19. The summed E-state index contributed by atoms with van der Waals surface area (Å²) in [6.07, 6.45) is 27.7. The van der Waals surface area contributed by atoms with E-state index < -0.39 is 86.3 Å². The fraction of sp³-hybridized carbons (Fsp3) is 0.906. The number of hydrogen-bond donors (Lipinski definition) is 12. The average molecular weight is 1200 g/mol. The molecule has 500 valence electrons. The van der Waals surface area contributed by atoms with E-state index in [1.54, 1.807) is 0 Å². The molecule has 0 saturated heterocycles. The Morgan fingerprint density at radius 3 is 0.482 bits per heavy atom. The standard InChI is InChI=1S/C10H22O7.6C9H18O2/c11-1-9(2-12,3-13)7-17-8-10(4-14,5-15)6-16;6*1-8(2)6-4-3-5-7-9(10)11/h11-16H,1-8H2;6*8H,3-7H2,1-2H3,(H,10,11). The average Bonchev–Trinajstić information content (AvgIpc) is 3.38. The molecule has 0 aliphatic rings. The smallest absolute Gasteiger partial charge is 0.303 e. The Labute approximate surface area is 503 Å². The lowest BCUT2D eigenvalue weighted by molar-refractivity contribution is -0.138. The van der Waals surface area contributed by atoms with E-state index in [1.807, 2.05) is 0 Å². The van der Waals surface area contributed by atoms with Crippen molar-refractivity contribution in [2.45, 2.75) is 276 Å². The van der Waals surface area contributed by atoms with Gasteiger partial charge in [-0.15, -0.1) is 0 Å². The molecule has 0 fully saturated rings. The van der Waals surface area contributed by atoms with Crippen molar-refractivity contribution in [2.24, 2.45) is 46.3 Å². The summed E-state index contributed by atoms with van der Waals surface area (Å²) >= 11 is 0. The maximum atomic E-state index is 10.1. The van der Waals surface area contributed by atoms with Crippen LogP contribution in [0.15, 0.2) is 0 Å². The van der Waals surface area contributed by atoms with Gasteiger partial charge >= 0.3 is 35.8 Å². The van der Waals surface area contributed by atoms with Gasteiger partial charge in [-0.3, -0.25) is 28.8 Å². The summed E-state index contributed by atoms with van der Waals surface area (Å²) in [5.74, 6) is 0.469. The number of unbranched alkanes of at least 4 members (excludes halogenated alkanes) is 12. The number of aliphatic carboxylic acids is 6. The number of carbonyl (C=O) groups is 6. The quantitative estimate of drug-likeness (QED) is 0.0252. The minimum Gasteiger partial charge on any atom is -0.481 e. The fourth-order valence-electron chi connectivity index (χ4n) is 7.09. The molecule has 0 aliphatic carbocycles. The third kappa shape index (κ3) is 92.5. The number of hydrogen-bond acceptors (Lipinski definition) is 13. The Bertz CT molecular complexity index is 1170. The first-order valence-electron chi connectivity index (χ1n) is 31.4. The van der Waals surface area contributed by atoms with Crippen molar-refractivity contribution in [3.8, 4) is 0 Å². The second-order valence-electron chi connectivity index (χ2n) is 24.8. The molecule has 19 nitrogen and oxygen atoms in total. The van der Waals surface area contributed by atoms with Crippen LogP contribution in [0.5, 0.6) is 0 Å². The predicted octanol–water partition coefficient (Wildman–Crippen LogP) is 13.0. The normalized spacial score (nSPS) is 11.0. The molecule has 83 heavy (non-hydrogen) atoms. The molecule has 0 spiro atoms. The van der Waals surface area contributed by atoms with Gasteiger partial charge < -0.3 is 66.0 Å². The van der Waals surface area contributed by atoms with Crippen LogP contribution >= 0.6 is 0 Å². The molecule has 0 heterocycles. The molecule has 12 N–H and O–H groups in total. The Morgan fingerprint density at radius 2 is 0.386 bits per heavy atom. The van der Waals surface area contributed by atoms with Gasteiger partial charge in [-0.05, 0) is 74.0 Å². The van der Waals surface area contributed by atoms with E-state index in [1.165, 1.54) is 77.0 Å². The van der Waals surface area contributed by atoms with Crippen molar-refractivity contribution in [3.05, 3.63) is 0 Å². The maximum absolute atomic E-state index is 10.1. The Hall–Kier alpha value is -3.46. The highest BCUT2D eigenvalue weighted by molar-refractivity contribution is 5.68. The zero-order valence-corrected chi connectivity index (χ0v) is 54.6. The highest BCUT2D eigenvalue weighted by atomic mass is 16.5. The Morgan fingerprint density at radius 1 is 0.253 bits per heavy atom. The van der Waals surface area contributed by atoms with Crippen molar-refractivity contribution >= 4 is 35.8 Å². The monoisotopic (exact) mass is 1200 g/mol. The van der Waals surface area contributed by atoms with E-state index in [9.17, 15) is 28.8 Å². The highest BCUT2D eigenvalue weighted by Crippen LogP contribution is 2.20. The third-order valence-corrected chi connectivity index (χ3v) is 12.9. The van der Waals surface area contributed by atoms with Gasteiger partial charge in [0.05, 0.1) is 63.7 Å². The Balaban J connectivity index is -0.000000164. The van der Waals surface area contributed by atoms with Crippen LogP contribution in [0, 0.1) is 46.3 Å². The molecule has 0 amide bonds. The number of aliphatic hydroxyl groups excluding tert-OH is 6. The van der Waals surface area contributed by atoms with Crippen LogP contribution in [0.25, 0.3) is 0 Å². The van der Waals surface area contributed by atoms with Gasteiger partial charge in [-0.25, -0.2) is 0 Å². The molecule has 0 radical (unpaired) electrons. The van der Waals surface area contributed by atoms with Crippen LogP contribution in [0.2, 0.25) is 0 Å². The summed E-state index contributed by atoms with van der Waals surface area (Å²) in [6.45, 7) is 23.3. The molecule has 0 aliphatic heterocycles. The Kier molecular flexibility index (Phi) is 76.0. The molecular weight excluding hydrogens is 1070 g/mol. The number of ether oxygens (including phenoxy) is 1. The van der Waals surface area contributed by atoms with E-state index in [0.29, 0.717) is 38.5 Å². The van der Waals surface area contributed by atoms with E-state index >= 15 is 0 Å². The summed E-state index contributed by atoms with van der Waals surface area (Å²) in [7, 11) is 0. The third-order valence-electron chi connectivity index (χ3n) is 12.9. The minimum absolute atomic E-state index is 0.141. The fourth-order valence-corrected chi connectivity index (χ4v) is 7.09. The largest absolute Gasteiger partial charge is 0.481 e. The summed E-state index contributed by atoms with van der Waals surface area (Å²) in [4.78, 5) is 60.6. The summed E-state index contributed by atoms with van der Waals surface area (Å²) in [5.41, 5.74) is -2.32. The van der Waals surface area contributed by atoms with Crippen LogP contribution in [0.1, 0.15) is 276 Å². The molecule has 19 heteroatoms. The van der Waals surface area contributed by atoms with E-state index in [-0.39, 0.29) is 13.2 Å². The second kappa shape index (κ2) is 67.7. The van der Waals surface area contributed by atoms with Gasteiger partial charge in [0.25, 0.3) is 0 Å². The molecule has 0 unspecified atom stereocenters. The number of rotatable bonds is 46. The summed E-state index contributed by atoms with van der Waals surface area (Å²) < 4.78 is 5.15. The zero-order chi connectivity index (χ0) is 65.5. The van der Waals surface area contributed by atoms with Crippen LogP contribution < -0.4 is 0 Å². The minimum atomic E-state index is -1.16. The maximum Gasteiger partial charge on any atom is 0.303 e. The van der Waals surface area contributed by atoms with Crippen molar-refractivity contribution in [1.29, 1.82) is 0 Å². The van der Waals surface area contributed by atoms with Crippen molar-refractivity contribution in [3.63, 3.8) is 0 Å². The second-order valence-corrected chi connectivity index (χ2v) is 24.8. The predicted molar refractivity (Wildman–Crippen MR) is 332 cm³/mol. The molecule has 0 aromatic carbocycles. The lowest BCUT2D eigenvalue weighted by Crippen LogP contribution is -2.43. The molecule has 0 bridgehead atoms. The lowest BCUT2D eigenvalue weighted by atomic mass is 9.91. The van der Waals surface area contributed by atoms with Crippen LogP contribution in [0.4, 0.5) is 0 Å². The van der Waals surface area contributed by atoms with Gasteiger partial charge in [0, 0.05) is 38.5 Å². The van der Waals surface area contributed by atoms with Gasteiger partial charge in [-0.1, -0.05) is 199 Å².